The molecule has 2 saturated heterocycles. The van der Waals surface area contributed by atoms with E-state index in [-0.39, 0.29) is 54.5 Å². The van der Waals surface area contributed by atoms with Crippen LogP contribution in [0.2, 0.25) is 36.3 Å². The third-order valence-electron chi connectivity index (χ3n) is 17.6. The number of hydrogen-bond donors (Lipinski definition) is 7. The molecule has 0 radical (unpaired) electrons. The largest absolute Gasteiger partial charge is 0.543 e. The summed E-state index contributed by atoms with van der Waals surface area (Å²) in [5.41, 5.74) is 5.97. The summed E-state index contributed by atoms with van der Waals surface area (Å²) >= 11 is 20.2. The van der Waals surface area contributed by atoms with Gasteiger partial charge in [-0.2, -0.15) is 0 Å². The maximum absolute atomic E-state index is 14.2. The van der Waals surface area contributed by atoms with Crippen molar-refractivity contribution in [1.82, 2.24) is 42.1 Å². The molecule has 106 heavy (non-hydrogen) atoms. The number of nitrogens with zero attached hydrogens (tertiary/aromatic N) is 2. The molecule has 2 aromatic carbocycles. The van der Waals surface area contributed by atoms with Crippen molar-refractivity contribution < 1.29 is 71.3 Å². The molecular formula is C76H115Cl3N8O15S2Si2. The molecule has 6 amide bonds. The van der Waals surface area contributed by atoms with E-state index >= 15 is 0 Å². The smallest absolute Gasteiger partial charge is 0.408 e. The second-order valence-corrected chi connectivity index (χ2v) is 46.3. The molecule has 590 valence electrons. The van der Waals surface area contributed by atoms with Crippen molar-refractivity contribution in [3.63, 3.8) is 0 Å². The molecule has 0 saturated carbocycles. The first kappa shape index (κ1) is 91.8. The Kier molecular flexibility index (Phi) is 34.9. The van der Waals surface area contributed by atoms with Crippen molar-refractivity contribution in [2.75, 3.05) is 19.7 Å². The van der Waals surface area contributed by atoms with E-state index in [1.807, 2.05) is 72.8 Å². The Labute approximate surface area is 652 Å². The van der Waals surface area contributed by atoms with Gasteiger partial charge >= 0.3 is 24.1 Å². The number of aliphatic hydroxyl groups excluding tert-OH is 1. The molecule has 0 spiro atoms. The number of benzene rings is 2. The summed E-state index contributed by atoms with van der Waals surface area (Å²) in [4.78, 5) is 111. The highest BCUT2D eigenvalue weighted by atomic mass is 35.6. The molecule has 2 aliphatic rings. The van der Waals surface area contributed by atoms with Gasteiger partial charge in [0.05, 0.1) is 6.61 Å². The summed E-state index contributed by atoms with van der Waals surface area (Å²) in [6, 6.07) is 17.0. The van der Waals surface area contributed by atoms with Gasteiger partial charge in [-0.05, 0) is 175 Å². The number of halogens is 3. The number of carbonyl (C=O) groups excluding carboxylic acids is 8. The summed E-state index contributed by atoms with van der Waals surface area (Å²) in [6.45, 7) is 46.9. The number of ether oxygens (including phenoxy) is 4. The number of aliphatic hydroxyl groups is 1. The summed E-state index contributed by atoms with van der Waals surface area (Å²) < 4.78 is 32.7. The van der Waals surface area contributed by atoms with Crippen molar-refractivity contribution in [2.24, 2.45) is 11.8 Å². The summed E-state index contributed by atoms with van der Waals surface area (Å²) in [5, 5.41) is 22.3. The number of alkyl halides is 3. The van der Waals surface area contributed by atoms with Crippen LogP contribution in [-0.2, 0) is 73.8 Å². The molecule has 6 rings (SSSR count). The van der Waals surface area contributed by atoms with Crippen LogP contribution in [0.15, 0.2) is 86.0 Å². The number of alkyl carbamates (subject to hydrolysis) is 2. The topological polar surface area (TPSA) is 291 Å². The van der Waals surface area contributed by atoms with Crippen LogP contribution >= 0.6 is 57.5 Å². The molecule has 23 nitrogen and oxygen atoms in total. The van der Waals surface area contributed by atoms with E-state index in [0.29, 0.717) is 43.7 Å². The minimum absolute atomic E-state index is 0.0155. The molecule has 4 heterocycles. The first-order chi connectivity index (χ1) is 48.9. The molecule has 7 N–H and O–H groups in total. The number of hydrogen-bond acceptors (Lipinski definition) is 19. The highest BCUT2D eigenvalue weighted by Gasteiger charge is 2.42. The van der Waals surface area contributed by atoms with Crippen LogP contribution < -0.4 is 41.0 Å². The van der Waals surface area contributed by atoms with Crippen LogP contribution in [0.4, 0.5) is 9.59 Å². The van der Waals surface area contributed by atoms with Crippen LogP contribution in [0.1, 0.15) is 167 Å². The lowest BCUT2D eigenvalue weighted by Crippen LogP contribution is -2.62. The van der Waals surface area contributed by atoms with Gasteiger partial charge in [-0.1, -0.05) is 154 Å². The summed E-state index contributed by atoms with van der Waals surface area (Å²) in [6.07, 6.45) is 4.22. The van der Waals surface area contributed by atoms with E-state index in [1.54, 1.807) is 92.7 Å². The lowest BCUT2D eigenvalue weighted by Gasteiger charge is -2.36. The zero-order chi connectivity index (χ0) is 80.1. The van der Waals surface area contributed by atoms with Gasteiger partial charge in [0, 0.05) is 45.4 Å². The molecule has 2 aromatic heterocycles. The Bertz CT molecular complexity index is 3610. The molecule has 0 unspecified atom stereocenters. The SMILES string of the molecule is C=Cc1ccc(CO)s1.C=Cc1ccc(COC(=O)[C@@H]2CCCN(C(=O)[C@H](Cc3cccc(O[Si](C)(C)C(C)(C)C)c3)NC(=O)[C@@H](NC(=O)OC(C)(C)C)C(C)C)N2)s1.CC(C)[C@H](NC(=O)OC(C)(C)C)C(=O)N[C@@H](Cc1cccc(O[Si](C)(C)C(C)(C)C)c1)C(=O)N1CCC[C@@H](C(=O)OCC(Cl)(Cl)Cl)N1. The molecule has 4 aromatic rings. The lowest BCUT2D eigenvalue weighted by atomic mass is 10.0. The maximum atomic E-state index is 14.2. The minimum atomic E-state index is -2.16. The van der Waals surface area contributed by atoms with E-state index in [0.717, 1.165) is 30.6 Å². The van der Waals surface area contributed by atoms with Crippen LogP contribution in [0, 0.1) is 11.8 Å². The Balaban J connectivity index is 0.000000400. The molecule has 2 fully saturated rings. The maximum Gasteiger partial charge on any atom is 0.408 e. The number of carbonyl (C=O) groups is 8. The number of esters is 2. The molecule has 6 atom stereocenters. The Morgan fingerprint density at radius 3 is 1.28 bits per heavy atom. The second kappa shape index (κ2) is 40.2. The van der Waals surface area contributed by atoms with Crippen LogP contribution in [-0.4, -0.2) is 150 Å². The standard InChI is InChI=1S/C37H56N4O7SSi.C32H51Cl3N4O7Si.C7H8OS/c1-12-27-18-19-28(49-27)23-46-34(44)29-17-14-20-41(40-29)33(43)30(38-32(42)31(24(2)3)39-35(45)47-36(4,5)6)22-25-15-13-16-26(21-25)48-50(10,11)37(7,8)9;1-20(2)25(37-29(43)45-30(3,4)5)26(40)36-24(18-21-13-11-14-22(17-21)46-47(9,10)31(6,7)8)27(41)39-16-12-15-23(38-39)28(42)44-19-32(33,34)35;1-2-6-3-4-7(5-8)9-6/h12-13,15-16,18-19,21,24,29-31,40H,1,14,17,20,22-23H2,2-11H3,(H,38,42)(H,39,45);11,13-14,17,20,23-25,38H,12,15-16,18-19H2,1-10H3,(H,36,40)(H,37,43);2-4,8H,1,5H2/t29-,30-,31-;23-,24-,25-;/m00./s1. The third kappa shape index (κ3) is 31.2. The first-order valence-electron chi connectivity index (χ1n) is 35.7. The fourth-order valence-electron chi connectivity index (χ4n) is 9.97. The fourth-order valence-corrected chi connectivity index (χ4v) is 13.7. The lowest BCUT2D eigenvalue weighted by molar-refractivity contribution is -0.154. The van der Waals surface area contributed by atoms with E-state index in [2.05, 4.69) is 113 Å². The summed E-state index contributed by atoms with van der Waals surface area (Å²) in [5.74, 6) is -2.39. The minimum Gasteiger partial charge on any atom is -0.543 e. The quantitative estimate of drug-likeness (QED) is 0.0133. The average Bonchev–Trinajstić information content (AvgIpc) is 1.19. The van der Waals surface area contributed by atoms with Gasteiger partial charge < -0.3 is 54.2 Å². The van der Waals surface area contributed by atoms with E-state index in [1.165, 1.54) is 21.4 Å². The molecule has 30 heteroatoms. The number of rotatable bonds is 26. The number of thiophene rings is 2. The monoisotopic (exact) mass is 1600 g/mol. The Morgan fingerprint density at radius 2 is 0.953 bits per heavy atom. The van der Waals surface area contributed by atoms with Crippen LogP contribution in [0.5, 0.6) is 11.5 Å². The van der Waals surface area contributed by atoms with Gasteiger partial charge in [0.25, 0.3) is 11.8 Å². The zero-order valence-corrected chi connectivity index (χ0v) is 71.3. The molecule has 0 aliphatic carbocycles. The van der Waals surface area contributed by atoms with E-state index < -0.39 is 122 Å². The predicted molar refractivity (Wildman–Crippen MR) is 427 cm³/mol. The zero-order valence-electron chi connectivity index (χ0n) is 65.4. The van der Waals surface area contributed by atoms with Crippen molar-refractivity contribution in [3.05, 3.63) is 117 Å². The van der Waals surface area contributed by atoms with Gasteiger partial charge in [-0.25, -0.2) is 20.4 Å². The van der Waals surface area contributed by atoms with Gasteiger partial charge in [0.1, 0.15) is 72.2 Å². The van der Waals surface area contributed by atoms with Gasteiger partial charge in [0.15, 0.2) is 0 Å². The third-order valence-corrected chi connectivity index (χ3v) is 28.8. The van der Waals surface area contributed by atoms with Crippen molar-refractivity contribution in [2.45, 2.75) is 250 Å². The number of amides is 6. The normalized spacial score (nSPS) is 16.4. The fraction of sp³-hybridized carbons (Fsp3) is 0.579. The predicted octanol–water partition coefficient (Wildman–Crippen LogP) is 14.5. The second-order valence-electron chi connectivity index (χ2n) is 31.9. The molecular weight excluding hydrogens is 1490 g/mol. The average molecular weight is 1610 g/mol. The number of hydrazine groups is 2. The van der Waals surface area contributed by atoms with Gasteiger partial charge in [-0.15, -0.1) is 22.7 Å². The highest BCUT2D eigenvalue weighted by molar-refractivity contribution is 7.13. The molecule has 2 aliphatic heterocycles. The number of nitrogens with one attached hydrogen (secondary N) is 6. The van der Waals surface area contributed by atoms with Crippen LogP contribution in [0.3, 0.4) is 0 Å². The summed E-state index contributed by atoms with van der Waals surface area (Å²) in [7, 11) is -4.30. The van der Waals surface area contributed by atoms with Crippen molar-refractivity contribution in [1.29, 1.82) is 0 Å². The van der Waals surface area contributed by atoms with E-state index in [4.69, 9.17) is 67.7 Å². The highest BCUT2D eigenvalue weighted by Crippen LogP contribution is 2.39. The van der Waals surface area contributed by atoms with Crippen molar-refractivity contribution in [3.8, 4) is 11.5 Å². The Morgan fingerprint density at radius 1 is 0.575 bits per heavy atom. The van der Waals surface area contributed by atoms with Gasteiger partial charge in [-0.3, -0.25) is 38.8 Å². The van der Waals surface area contributed by atoms with Gasteiger partial charge in [0.2, 0.25) is 32.2 Å². The van der Waals surface area contributed by atoms with Crippen molar-refractivity contribution >= 4 is 134 Å². The van der Waals surface area contributed by atoms with Crippen LogP contribution in [0.25, 0.3) is 12.2 Å². The first-order valence-corrected chi connectivity index (χ1v) is 44.3. The molecule has 0 bridgehead atoms. The Hall–Kier alpha value is -6.54. The van der Waals surface area contributed by atoms with E-state index in [9.17, 15) is 38.4 Å².